The molecule has 3 N–H and O–H groups in total. The number of rotatable bonds is 3. The van der Waals surface area contributed by atoms with E-state index >= 15 is 0 Å². The van der Waals surface area contributed by atoms with E-state index in [0.717, 1.165) is 0 Å². The molecule has 0 saturated heterocycles. The van der Waals surface area contributed by atoms with Crippen LogP contribution < -0.4 is 11.1 Å². The summed E-state index contributed by atoms with van der Waals surface area (Å²) in [4.78, 5) is 16.8. The van der Waals surface area contributed by atoms with Gasteiger partial charge in [0.1, 0.15) is 6.04 Å². The monoisotopic (exact) mass is 467 g/mol. The molecule has 4 rings (SSSR count). The summed E-state index contributed by atoms with van der Waals surface area (Å²) in [5, 5.41) is 9.25. The topological polar surface area (TPSA) is 85.8 Å². The maximum atomic E-state index is 12.2. The average molecular weight is 469 g/mol. The quantitative estimate of drug-likeness (QED) is 0.543. The Hall–Kier alpha value is -2.25. The molecule has 0 bridgehead atoms. The molecule has 10 heteroatoms. The van der Waals surface area contributed by atoms with Gasteiger partial charge in [-0.25, -0.2) is 4.68 Å². The van der Waals surface area contributed by atoms with Gasteiger partial charge in [-0.3, -0.25) is 4.79 Å². The fourth-order valence-electron chi connectivity index (χ4n) is 3.22. The van der Waals surface area contributed by atoms with Crippen molar-refractivity contribution in [3.63, 3.8) is 0 Å². The highest BCUT2D eigenvalue weighted by Gasteiger charge is 2.33. The molecular formula is C19H13Cl4N5O. The number of carbonyl (C=O) groups is 1. The van der Waals surface area contributed by atoms with Crippen molar-refractivity contribution in [2.24, 2.45) is 5.73 Å². The number of nitrogens with one attached hydrogen (secondary N) is 1. The predicted octanol–water partition coefficient (Wildman–Crippen LogP) is 5.33. The summed E-state index contributed by atoms with van der Waals surface area (Å²) in [6.45, 7) is 1.75. The number of amides is 1. The van der Waals surface area contributed by atoms with Gasteiger partial charge in [0.2, 0.25) is 11.9 Å². The summed E-state index contributed by atoms with van der Waals surface area (Å²) in [5.41, 5.74) is 7.97. The number of allylic oxidation sites excluding steroid dienone is 1. The molecule has 3 aromatic rings. The van der Waals surface area contributed by atoms with Gasteiger partial charge < -0.3 is 11.1 Å². The summed E-state index contributed by atoms with van der Waals surface area (Å²) >= 11 is 24.4. The van der Waals surface area contributed by atoms with Crippen LogP contribution in [-0.2, 0) is 4.79 Å². The zero-order valence-electron chi connectivity index (χ0n) is 14.9. The highest BCUT2D eigenvalue weighted by atomic mass is 35.5. The van der Waals surface area contributed by atoms with Crippen LogP contribution >= 0.6 is 46.4 Å². The Morgan fingerprint density at radius 2 is 1.69 bits per heavy atom. The summed E-state index contributed by atoms with van der Waals surface area (Å²) in [7, 11) is 0. The second kappa shape index (κ2) is 7.54. The van der Waals surface area contributed by atoms with Crippen LogP contribution in [0.25, 0.3) is 11.4 Å². The van der Waals surface area contributed by atoms with E-state index in [0.29, 0.717) is 54.3 Å². The predicted molar refractivity (Wildman–Crippen MR) is 116 cm³/mol. The van der Waals surface area contributed by atoms with Crippen molar-refractivity contribution >= 4 is 58.3 Å². The van der Waals surface area contributed by atoms with Crippen LogP contribution in [0.4, 0.5) is 5.95 Å². The van der Waals surface area contributed by atoms with Gasteiger partial charge in [0.15, 0.2) is 5.82 Å². The van der Waals surface area contributed by atoms with E-state index < -0.39 is 11.9 Å². The lowest BCUT2D eigenvalue weighted by Crippen LogP contribution is -2.31. The van der Waals surface area contributed by atoms with Crippen molar-refractivity contribution in [3.8, 4) is 11.4 Å². The largest absolute Gasteiger partial charge is 0.366 e. The first-order valence-corrected chi connectivity index (χ1v) is 9.92. The molecule has 148 valence electrons. The summed E-state index contributed by atoms with van der Waals surface area (Å²) in [5.74, 6) is 0.280. The standard InChI is InChI=1S/C19H13Cl4N5O/c1-8-15(17(24)29)16(9-2-4-11(20)13(22)6-9)28-19(25-8)26-18(27-28)10-3-5-12(21)14(23)7-10/h2-7,16H,1H3,(H2,24,29)(H,25,26,27). The average Bonchev–Trinajstić information content (AvgIpc) is 3.08. The lowest BCUT2D eigenvalue weighted by atomic mass is 9.95. The van der Waals surface area contributed by atoms with Gasteiger partial charge in [-0.15, -0.1) is 5.10 Å². The molecule has 1 aliphatic rings. The smallest absolute Gasteiger partial charge is 0.248 e. The van der Waals surface area contributed by atoms with Crippen molar-refractivity contribution in [2.45, 2.75) is 13.0 Å². The van der Waals surface area contributed by atoms with Gasteiger partial charge in [-0.05, 0) is 42.8 Å². The van der Waals surface area contributed by atoms with Crippen LogP contribution in [0, 0.1) is 0 Å². The number of anilines is 1. The highest BCUT2D eigenvalue weighted by molar-refractivity contribution is 6.42. The Balaban J connectivity index is 1.89. The zero-order chi connectivity index (χ0) is 20.9. The van der Waals surface area contributed by atoms with Crippen molar-refractivity contribution in [1.29, 1.82) is 0 Å². The molecule has 1 unspecified atom stereocenters. The lowest BCUT2D eigenvalue weighted by Gasteiger charge is -2.27. The van der Waals surface area contributed by atoms with E-state index in [1.807, 2.05) is 0 Å². The molecule has 2 heterocycles. The Labute approximate surface area is 186 Å². The molecule has 0 aliphatic carbocycles. The molecule has 0 fully saturated rings. The van der Waals surface area contributed by atoms with E-state index in [1.54, 1.807) is 48.0 Å². The third-order valence-corrected chi connectivity index (χ3v) is 6.03. The third kappa shape index (κ3) is 3.57. The lowest BCUT2D eigenvalue weighted by molar-refractivity contribution is -0.115. The van der Waals surface area contributed by atoms with Crippen LogP contribution in [-0.4, -0.2) is 20.7 Å². The number of hydrogen-bond acceptors (Lipinski definition) is 4. The molecule has 1 aromatic heterocycles. The second-order valence-electron chi connectivity index (χ2n) is 6.44. The first-order valence-electron chi connectivity index (χ1n) is 8.40. The minimum absolute atomic E-state index is 0.349. The number of benzene rings is 2. The second-order valence-corrected chi connectivity index (χ2v) is 8.07. The first kappa shape index (κ1) is 20.0. The number of primary amides is 1. The SMILES string of the molecule is CC1=C(C(N)=O)C(c2ccc(Cl)c(Cl)c2)n2nc(-c3ccc(Cl)c(Cl)c3)nc2N1. The molecular weight excluding hydrogens is 456 g/mol. The minimum atomic E-state index is -0.623. The number of nitrogens with zero attached hydrogens (tertiary/aromatic N) is 3. The maximum absolute atomic E-state index is 12.2. The van der Waals surface area contributed by atoms with Gasteiger partial charge in [0.05, 0.1) is 25.7 Å². The molecule has 2 aromatic carbocycles. The fraction of sp³-hybridized carbons (Fsp3) is 0.105. The number of hydrogen-bond donors (Lipinski definition) is 2. The highest BCUT2D eigenvalue weighted by Crippen LogP contribution is 2.38. The van der Waals surface area contributed by atoms with E-state index in [1.165, 1.54) is 0 Å². The van der Waals surface area contributed by atoms with Crippen LogP contribution in [0.3, 0.4) is 0 Å². The van der Waals surface area contributed by atoms with E-state index in [9.17, 15) is 4.79 Å². The third-order valence-electron chi connectivity index (χ3n) is 4.56. The molecule has 1 amide bonds. The number of fused-ring (bicyclic) bond motifs is 1. The minimum Gasteiger partial charge on any atom is -0.366 e. The Kier molecular flexibility index (Phi) is 5.21. The molecule has 6 nitrogen and oxygen atoms in total. The molecule has 0 radical (unpaired) electrons. The van der Waals surface area contributed by atoms with Crippen molar-refractivity contribution in [2.75, 3.05) is 5.32 Å². The van der Waals surface area contributed by atoms with Gasteiger partial charge in [-0.1, -0.05) is 52.5 Å². The Morgan fingerprint density at radius 3 is 2.31 bits per heavy atom. The summed E-state index contributed by atoms with van der Waals surface area (Å²) in [6, 6.07) is 9.59. The molecule has 29 heavy (non-hydrogen) atoms. The molecule has 1 aliphatic heterocycles. The normalized spacial score (nSPS) is 15.8. The van der Waals surface area contributed by atoms with Gasteiger partial charge >= 0.3 is 0 Å². The van der Waals surface area contributed by atoms with Crippen molar-refractivity contribution < 1.29 is 4.79 Å². The number of halogens is 4. The van der Waals surface area contributed by atoms with Crippen LogP contribution in [0.1, 0.15) is 18.5 Å². The molecule has 0 spiro atoms. The van der Waals surface area contributed by atoms with E-state index in [4.69, 9.17) is 52.1 Å². The van der Waals surface area contributed by atoms with Crippen molar-refractivity contribution in [3.05, 3.63) is 73.3 Å². The molecule has 1 atom stereocenters. The zero-order valence-corrected chi connectivity index (χ0v) is 17.9. The van der Waals surface area contributed by atoms with Gasteiger partial charge in [-0.2, -0.15) is 4.98 Å². The fourth-order valence-corrected chi connectivity index (χ4v) is 3.82. The van der Waals surface area contributed by atoms with Crippen LogP contribution in [0.5, 0.6) is 0 Å². The first-order chi connectivity index (χ1) is 13.8. The number of carbonyl (C=O) groups excluding carboxylic acids is 1. The van der Waals surface area contributed by atoms with Crippen LogP contribution in [0.2, 0.25) is 20.1 Å². The maximum Gasteiger partial charge on any atom is 0.248 e. The summed E-state index contributed by atoms with van der Waals surface area (Å²) < 4.78 is 1.59. The van der Waals surface area contributed by atoms with Gasteiger partial charge in [0.25, 0.3) is 0 Å². The molecule has 0 saturated carbocycles. The summed E-state index contributed by atoms with van der Waals surface area (Å²) in [6.07, 6.45) is 0. The number of nitrogens with two attached hydrogens (primary N) is 1. The van der Waals surface area contributed by atoms with E-state index in [-0.39, 0.29) is 0 Å². The van der Waals surface area contributed by atoms with Crippen LogP contribution in [0.15, 0.2) is 47.7 Å². The Morgan fingerprint density at radius 1 is 1.03 bits per heavy atom. The number of aromatic nitrogens is 3. The van der Waals surface area contributed by atoms with Gasteiger partial charge in [0, 0.05) is 11.3 Å². The van der Waals surface area contributed by atoms with E-state index in [2.05, 4.69) is 15.4 Å². The van der Waals surface area contributed by atoms with Crippen molar-refractivity contribution in [1.82, 2.24) is 14.8 Å². The Bertz CT molecular complexity index is 1190.